The summed E-state index contributed by atoms with van der Waals surface area (Å²) >= 11 is 0. The van der Waals surface area contributed by atoms with Crippen molar-refractivity contribution >= 4 is 39.4 Å². The molecule has 0 fully saturated rings. The Kier molecular flexibility index (Phi) is 4.15. The zero-order valence-electron chi connectivity index (χ0n) is 15.8. The van der Waals surface area contributed by atoms with Crippen LogP contribution in [0, 0.1) is 11.3 Å². The summed E-state index contributed by atoms with van der Waals surface area (Å²) in [4.78, 5) is 12.0. The normalized spacial score (nSPS) is 10.8. The Morgan fingerprint density at radius 1 is 0.900 bits per heavy atom. The number of aromatic amines is 1. The van der Waals surface area contributed by atoms with E-state index in [-0.39, 0.29) is 0 Å². The predicted octanol–water partition coefficient (Wildman–Crippen LogP) is 5.10. The van der Waals surface area contributed by atoms with Crippen LogP contribution in [-0.4, -0.2) is 15.0 Å². The smallest absolute Gasteiger partial charge is 0.198 e. The molecule has 4 N–H and O–H groups in total. The third-order valence-corrected chi connectivity index (χ3v) is 4.67. The van der Waals surface area contributed by atoms with Crippen LogP contribution < -0.4 is 15.8 Å². The van der Waals surface area contributed by atoms with Gasteiger partial charge in [-0.05, 0) is 48.5 Å². The largest absolute Gasteiger partial charge is 0.457 e. The van der Waals surface area contributed by atoms with Gasteiger partial charge in [-0.2, -0.15) is 5.26 Å². The van der Waals surface area contributed by atoms with Crippen LogP contribution in [0.15, 0.2) is 72.8 Å². The number of fused-ring (bicyclic) bond motifs is 3. The average Bonchev–Trinajstić information content (AvgIpc) is 3.16. The van der Waals surface area contributed by atoms with Gasteiger partial charge >= 0.3 is 0 Å². The molecule has 144 valence electrons. The van der Waals surface area contributed by atoms with E-state index in [1.807, 2.05) is 66.7 Å². The van der Waals surface area contributed by atoms with Crippen LogP contribution in [0.1, 0.15) is 5.56 Å². The summed E-state index contributed by atoms with van der Waals surface area (Å²) in [5, 5.41) is 13.6. The molecule has 0 aliphatic heterocycles. The SMILES string of the molecule is N#Cc1cc2ccc3[nH]c(N)nc3c2nc1Nc1ccc(Oc2ccccc2)cc1. The van der Waals surface area contributed by atoms with Crippen LogP contribution in [0.25, 0.3) is 21.9 Å². The second kappa shape index (κ2) is 7.11. The van der Waals surface area contributed by atoms with E-state index in [1.165, 1.54) is 0 Å². The number of H-pyrrole nitrogens is 1. The third-order valence-electron chi connectivity index (χ3n) is 4.67. The predicted molar refractivity (Wildman–Crippen MR) is 117 cm³/mol. The first-order valence-electron chi connectivity index (χ1n) is 9.29. The minimum atomic E-state index is 0.326. The van der Waals surface area contributed by atoms with Crippen molar-refractivity contribution in [1.29, 1.82) is 5.26 Å². The summed E-state index contributed by atoms with van der Waals surface area (Å²) in [7, 11) is 0. The molecule has 0 saturated heterocycles. The second-order valence-corrected chi connectivity index (χ2v) is 6.72. The number of nitrogen functional groups attached to an aromatic ring is 1. The fraction of sp³-hybridized carbons (Fsp3) is 0. The highest BCUT2D eigenvalue weighted by Crippen LogP contribution is 2.29. The number of rotatable bonds is 4. The maximum absolute atomic E-state index is 9.59. The summed E-state index contributed by atoms with van der Waals surface area (Å²) < 4.78 is 5.82. The van der Waals surface area contributed by atoms with Gasteiger partial charge in [0.1, 0.15) is 34.4 Å². The lowest BCUT2D eigenvalue weighted by Crippen LogP contribution is -1.98. The van der Waals surface area contributed by atoms with Gasteiger partial charge in [-0.15, -0.1) is 0 Å². The first-order chi connectivity index (χ1) is 14.7. The Balaban J connectivity index is 1.48. The molecule has 0 aliphatic rings. The van der Waals surface area contributed by atoms with Crippen molar-refractivity contribution < 1.29 is 4.74 Å². The summed E-state index contributed by atoms with van der Waals surface area (Å²) in [5.41, 5.74) is 9.16. The Morgan fingerprint density at radius 3 is 2.43 bits per heavy atom. The van der Waals surface area contributed by atoms with Crippen LogP contribution in [0.4, 0.5) is 17.5 Å². The molecule has 0 amide bonds. The lowest BCUT2D eigenvalue weighted by Gasteiger charge is -2.10. The van der Waals surface area contributed by atoms with Crippen LogP contribution in [0.3, 0.4) is 0 Å². The van der Waals surface area contributed by atoms with Crippen molar-refractivity contribution in [3.05, 3.63) is 78.4 Å². The van der Waals surface area contributed by atoms with Gasteiger partial charge in [0, 0.05) is 11.1 Å². The summed E-state index contributed by atoms with van der Waals surface area (Å²) in [6.45, 7) is 0. The number of imidazole rings is 1. The number of ether oxygens (including phenoxy) is 1. The van der Waals surface area contributed by atoms with Gasteiger partial charge in [-0.1, -0.05) is 24.3 Å². The fourth-order valence-electron chi connectivity index (χ4n) is 3.27. The van der Waals surface area contributed by atoms with E-state index in [9.17, 15) is 5.26 Å². The van der Waals surface area contributed by atoms with Gasteiger partial charge in [0.25, 0.3) is 0 Å². The zero-order chi connectivity index (χ0) is 20.5. The molecule has 0 unspecified atom stereocenters. The summed E-state index contributed by atoms with van der Waals surface area (Å²) in [6, 6.07) is 24.8. The summed E-state index contributed by atoms with van der Waals surface area (Å²) in [6.07, 6.45) is 0. The molecule has 0 spiro atoms. The van der Waals surface area contributed by atoms with E-state index in [0.29, 0.717) is 34.1 Å². The van der Waals surface area contributed by atoms with Gasteiger partial charge in [0.2, 0.25) is 0 Å². The van der Waals surface area contributed by atoms with Gasteiger partial charge in [0.15, 0.2) is 5.95 Å². The number of nitriles is 1. The first-order valence-corrected chi connectivity index (χ1v) is 9.29. The number of nitrogens with zero attached hydrogens (tertiary/aromatic N) is 3. The van der Waals surface area contributed by atoms with Crippen molar-refractivity contribution in [1.82, 2.24) is 15.0 Å². The molecule has 0 bridgehead atoms. The molecule has 0 saturated carbocycles. The second-order valence-electron chi connectivity index (χ2n) is 6.72. The number of hydrogen-bond donors (Lipinski definition) is 3. The van der Waals surface area contributed by atoms with E-state index >= 15 is 0 Å². The molecule has 7 nitrogen and oxygen atoms in total. The lowest BCUT2D eigenvalue weighted by atomic mass is 10.1. The minimum Gasteiger partial charge on any atom is -0.457 e. The maximum Gasteiger partial charge on any atom is 0.198 e. The highest BCUT2D eigenvalue weighted by atomic mass is 16.5. The molecular weight excluding hydrogens is 376 g/mol. The zero-order valence-corrected chi connectivity index (χ0v) is 15.8. The van der Waals surface area contributed by atoms with E-state index in [2.05, 4.69) is 26.3 Å². The number of anilines is 3. The molecule has 5 rings (SSSR count). The molecule has 2 heterocycles. The fourth-order valence-corrected chi connectivity index (χ4v) is 3.27. The number of hydrogen-bond acceptors (Lipinski definition) is 6. The first kappa shape index (κ1) is 17.5. The average molecular weight is 392 g/mol. The molecule has 0 radical (unpaired) electrons. The standard InChI is InChI=1S/C23H16N6O/c24-13-15-12-14-6-11-19-21(29-23(25)27-19)20(14)28-22(15)26-16-7-9-18(10-8-16)30-17-4-2-1-3-5-17/h1-12H,(H,26,28)(H3,25,27,29). The van der Waals surface area contributed by atoms with E-state index in [0.717, 1.165) is 22.3 Å². The molecule has 5 aromatic rings. The monoisotopic (exact) mass is 392 g/mol. The highest BCUT2D eigenvalue weighted by Gasteiger charge is 2.12. The molecule has 30 heavy (non-hydrogen) atoms. The lowest BCUT2D eigenvalue weighted by molar-refractivity contribution is 0.483. The van der Waals surface area contributed by atoms with Crippen molar-refractivity contribution in [2.45, 2.75) is 0 Å². The Hall–Kier alpha value is -4.57. The number of aromatic nitrogens is 3. The van der Waals surface area contributed by atoms with E-state index in [1.54, 1.807) is 6.07 Å². The van der Waals surface area contributed by atoms with Crippen LogP contribution in [-0.2, 0) is 0 Å². The number of para-hydroxylation sites is 1. The topological polar surface area (TPSA) is 113 Å². The van der Waals surface area contributed by atoms with E-state index in [4.69, 9.17) is 10.5 Å². The van der Waals surface area contributed by atoms with Gasteiger partial charge in [-0.25, -0.2) is 9.97 Å². The van der Waals surface area contributed by atoms with Crippen molar-refractivity contribution in [2.24, 2.45) is 0 Å². The van der Waals surface area contributed by atoms with Crippen LogP contribution in [0.5, 0.6) is 11.5 Å². The number of pyridine rings is 1. The Bertz CT molecular complexity index is 1400. The molecule has 2 aromatic heterocycles. The van der Waals surface area contributed by atoms with Gasteiger partial charge in [0.05, 0.1) is 11.1 Å². The minimum absolute atomic E-state index is 0.326. The molecule has 0 aliphatic carbocycles. The van der Waals surface area contributed by atoms with Gasteiger partial charge in [-0.3, -0.25) is 0 Å². The Morgan fingerprint density at radius 2 is 1.67 bits per heavy atom. The van der Waals surface area contributed by atoms with Gasteiger partial charge < -0.3 is 20.8 Å². The molecular formula is C23H16N6O. The van der Waals surface area contributed by atoms with Crippen LogP contribution in [0.2, 0.25) is 0 Å². The molecule has 7 heteroatoms. The number of benzene rings is 3. The van der Waals surface area contributed by atoms with Crippen molar-refractivity contribution in [3.8, 4) is 17.6 Å². The maximum atomic E-state index is 9.59. The number of nitrogens with two attached hydrogens (primary N) is 1. The molecule has 3 aromatic carbocycles. The third kappa shape index (κ3) is 3.23. The van der Waals surface area contributed by atoms with Crippen molar-refractivity contribution in [3.63, 3.8) is 0 Å². The quantitative estimate of drug-likeness (QED) is 0.392. The van der Waals surface area contributed by atoms with E-state index < -0.39 is 0 Å². The summed E-state index contributed by atoms with van der Waals surface area (Å²) in [5.74, 6) is 2.26. The highest BCUT2D eigenvalue weighted by molar-refractivity contribution is 6.03. The number of nitrogens with one attached hydrogen (secondary N) is 2. The Labute approximate surface area is 171 Å². The molecule has 0 atom stereocenters. The van der Waals surface area contributed by atoms with Crippen LogP contribution >= 0.6 is 0 Å². The van der Waals surface area contributed by atoms with Crippen molar-refractivity contribution in [2.75, 3.05) is 11.1 Å².